The molecule has 0 radical (unpaired) electrons. The minimum absolute atomic E-state index is 0.110. The zero-order valence-corrected chi connectivity index (χ0v) is 16.2. The first-order valence-corrected chi connectivity index (χ1v) is 9.76. The number of piperazine rings is 1. The number of hydrogen-bond acceptors (Lipinski definition) is 4. The normalized spacial score (nSPS) is 15.0. The van der Waals surface area contributed by atoms with Crippen molar-refractivity contribution in [2.45, 2.75) is 6.18 Å². The van der Waals surface area contributed by atoms with Gasteiger partial charge in [0.2, 0.25) is 0 Å². The van der Waals surface area contributed by atoms with Gasteiger partial charge in [-0.3, -0.25) is 0 Å². The Bertz CT molecular complexity index is 1070. The van der Waals surface area contributed by atoms with Gasteiger partial charge in [0.25, 0.3) is 0 Å². The molecule has 0 spiro atoms. The number of fused-ring (bicyclic) bond motifs is 1. The van der Waals surface area contributed by atoms with Gasteiger partial charge in [-0.05, 0) is 30.3 Å². The molecule has 4 rings (SSSR count). The molecule has 11 heteroatoms. The average Bonchev–Trinajstić information content (AvgIpc) is 3.12. The molecule has 1 fully saturated rings. The van der Waals surface area contributed by atoms with Crippen LogP contribution in [0.5, 0.6) is 0 Å². The zero-order valence-electron chi connectivity index (χ0n) is 15.3. The number of benzene rings is 2. The predicted octanol–water partition coefficient (Wildman–Crippen LogP) is 4.95. The first-order valence-electron chi connectivity index (χ1n) is 8.94. The molecule has 1 N–H and O–H groups in total. The summed E-state index contributed by atoms with van der Waals surface area (Å²) in [5.74, 6) is -1.39. The molecule has 1 aliphatic rings. The molecular weight excluding hydrogens is 427 g/mol. The Labute approximate surface area is 171 Å². The van der Waals surface area contributed by atoms with Crippen molar-refractivity contribution in [3.05, 3.63) is 53.6 Å². The second-order valence-corrected chi connectivity index (χ2v) is 7.72. The summed E-state index contributed by atoms with van der Waals surface area (Å²) in [6.45, 7) is 1.56. The summed E-state index contributed by atoms with van der Waals surface area (Å²) in [4.78, 5) is 20.0. The van der Waals surface area contributed by atoms with E-state index in [-0.39, 0.29) is 11.2 Å². The molecule has 1 saturated heterocycles. The lowest BCUT2D eigenvalue weighted by molar-refractivity contribution is -0.137. The van der Waals surface area contributed by atoms with Crippen molar-refractivity contribution in [2.24, 2.45) is 0 Å². The highest BCUT2D eigenvalue weighted by atomic mass is 32.1. The van der Waals surface area contributed by atoms with Gasteiger partial charge in [-0.25, -0.2) is 18.6 Å². The standard InChI is InChI=1S/C19H15F5N4OS/c20-12-9-14(21)16-15(10-12)30-18(26-16)28-7-5-27(6-8-28)17(29)25-13-3-1-11(2-4-13)19(22,23)24/h1-4,9-10H,5-8H2,(H,25,29). The van der Waals surface area contributed by atoms with Gasteiger partial charge in [-0.1, -0.05) is 11.3 Å². The molecule has 0 bridgehead atoms. The number of urea groups is 1. The number of nitrogens with zero attached hydrogens (tertiary/aromatic N) is 3. The monoisotopic (exact) mass is 442 g/mol. The van der Waals surface area contributed by atoms with E-state index in [1.165, 1.54) is 34.4 Å². The SMILES string of the molecule is O=C(Nc1ccc(C(F)(F)F)cc1)N1CCN(c2nc3c(F)cc(F)cc3s2)CC1. The van der Waals surface area contributed by atoms with E-state index in [2.05, 4.69) is 10.3 Å². The van der Waals surface area contributed by atoms with E-state index in [1.54, 1.807) is 0 Å². The van der Waals surface area contributed by atoms with Crippen LogP contribution in [-0.4, -0.2) is 42.1 Å². The second-order valence-electron chi connectivity index (χ2n) is 6.71. The average molecular weight is 442 g/mol. The highest BCUT2D eigenvalue weighted by Gasteiger charge is 2.30. The van der Waals surface area contributed by atoms with Gasteiger partial charge in [0.05, 0.1) is 10.3 Å². The number of amides is 2. The molecule has 158 valence electrons. The zero-order chi connectivity index (χ0) is 21.5. The Kier molecular flexibility index (Phi) is 5.22. The fourth-order valence-corrected chi connectivity index (χ4v) is 4.18. The lowest BCUT2D eigenvalue weighted by Crippen LogP contribution is -2.50. The maximum Gasteiger partial charge on any atom is 0.416 e. The van der Waals surface area contributed by atoms with Crippen LogP contribution in [-0.2, 0) is 6.18 Å². The molecule has 0 unspecified atom stereocenters. The van der Waals surface area contributed by atoms with Crippen molar-refractivity contribution >= 4 is 38.4 Å². The van der Waals surface area contributed by atoms with Crippen molar-refractivity contribution in [1.29, 1.82) is 0 Å². The molecule has 1 aliphatic heterocycles. The minimum atomic E-state index is -4.44. The quantitative estimate of drug-likeness (QED) is 0.572. The van der Waals surface area contributed by atoms with Crippen LogP contribution in [0.25, 0.3) is 10.2 Å². The molecule has 5 nitrogen and oxygen atoms in total. The third-order valence-electron chi connectivity index (χ3n) is 4.70. The number of nitrogens with one attached hydrogen (secondary N) is 1. The van der Waals surface area contributed by atoms with Gasteiger partial charge in [-0.2, -0.15) is 13.2 Å². The predicted molar refractivity (Wildman–Crippen MR) is 104 cm³/mol. The summed E-state index contributed by atoms with van der Waals surface area (Å²) < 4.78 is 65.5. The number of rotatable bonds is 2. The number of aromatic nitrogens is 1. The van der Waals surface area contributed by atoms with Crippen molar-refractivity contribution in [2.75, 3.05) is 36.4 Å². The molecule has 0 atom stereocenters. The van der Waals surface area contributed by atoms with Gasteiger partial charge in [0.1, 0.15) is 11.3 Å². The highest BCUT2D eigenvalue weighted by molar-refractivity contribution is 7.22. The van der Waals surface area contributed by atoms with Gasteiger partial charge in [0, 0.05) is 37.9 Å². The molecule has 2 aromatic carbocycles. The summed E-state index contributed by atoms with van der Waals surface area (Å²) in [5.41, 5.74) is -0.417. The van der Waals surface area contributed by atoms with E-state index in [0.29, 0.717) is 36.0 Å². The van der Waals surface area contributed by atoms with E-state index >= 15 is 0 Å². The molecule has 30 heavy (non-hydrogen) atoms. The molecule has 2 heterocycles. The van der Waals surface area contributed by atoms with Gasteiger partial charge in [-0.15, -0.1) is 0 Å². The number of alkyl halides is 3. The van der Waals surface area contributed by atoms with Crippen LogP contribution >= 0.6 is 11.3 Å². The minimum Gasteiger partial charge on any atom is -0.345 e. The Morgan fingerprint density at radius 3 is 2.33 bits per heavy atom. The number of anilines is 2. The molecular formula is C19H15F5N4OS. The van der Waals surface area contributed by atoms with Gasteiger partial charge < -0.3 is 15.1 Å². The highest BCUT2D eigenvalue weighted by Crippen LogP contribution is 2.32. The van der Waals surface area contributed by atoms with Crippen molar-refractivity contribution in [3.63, 3.8) is 0 Å². The summed E-state index contributed by atoms with van der Waals surface area (Å²) in [6, 6.07) is 5.80. The summed E-state index contributed by atoms with van der Waals surface area (Å²) in [6.07, 6.45) is -4.44. The first-order chi connectivity index (χ1) is 14.2. The number of halogens is 5. The maximum atomic E-state index is 13.9. The third-order valence-corrected chi connectivity index (χ3v) is 5.77. The molecule has 3 aromatic rings. The summed E-state index contributed by atoms with van der Waals surface area (Å²) in [7, 11) is 0. The van der Waals surface area contributed by atoms with Crippen molar-refractivity contribution < 1.29 is 26.7 Å². The van der Waals surface area contributed by atoms with Crippen LogP contribution in [0.2, 0.25) is 0 Å². The second kappa shape index (κ2) is 7.71. The largest absolute Gasteiger partial charge is 0.416 e. The Balaban J connectivity index is 1.37. The van der Waals surface area contributed by atoms with E-state index in [9.17, 15) is 26.7 Å². The summed E-state index contributed by atoms with van der Waals surface area (Å²) in [5, 5.41) is 3.12. The van der Waals surface area contributed by atoms with Gasteiger partial charge in [0.15, 0.2) is 10.9 Å². The van der Waals surface area contributed by atoms with E-state index < -0.39 is 29.4 Å². The molecule has 0 aliphatic carbocycles. The lowest BCUT2D eigenvalue weighted by atomic mass is 10.2. The van der Waals surface area contributed by atoms with Crippen LogP contribution in [0.4, 0.5) is 37.6 Å². The smallest absolute Gasteiger partial charge is 0.345 e. The van der Waals surface area contributed by atoms with Crippen LogP contribution in [0, 0.1) is 11.6 Å². The van der Waals surface area contributed by atoms with Crippen molar-refractivity contribution in [3.8, 4) is 0 Å². The van der Waals surface area contributed by atoms with E-state index in [0.717, 1.165) is 18.2 Å². The van der Waals surface area contributed by atoms with Crippen LogP contribution in [0.1, 0.15) is 5.56 Å². The summed E-state index contributed by atoms with van der Waals surface area (Å²) >= 11 is 1.17. The number of hydrogen-bond donors (Lipinski definition) is 1. The van der Waals surface area contributed by atoms with Crippen LogP contribution in [0.15, 0.2) is 36.4 Å². The molecule has 1 aromatic heterocycles. The number of thiazole rings is 1. The van der Waals surface area contributed by atoms with Gasteiger partial charge >= 0.3 is 12.2 Å². The number of carbonyl (C=O) groups excluding carboxylic acids is 1. The Morgan fingerprint density at radius 2 is 1.70 bits per heavy atom. The fraction of sp³-hybridized carbons (Fsp3) is 0.263. The fourth-order valence-electron chi connectivity index (χ4n) is 3.13. The molecule has 0 saturated carbocycles. The lowest BCUT2D eigenvalue weighted by Gasteiger charge is -2.34. The van der Waals surface area contributed by atoms with E-state index in [1.807, 2.05) is 4.90 Å². The Morgan fingerprint density at radius 1 is 1.03 bits per heavy atom. The van der Waals surface area contributed by atoms with Crippen LogP contribution in [0.3, 0.4) is 0 Å². The maximum absolute atomic E-state index is 13.9. The molecule has 2 amide bonds. The first kappa shape index (κ1) is 20.3. The Hall–Kier alpha value is -2.95. The third kappa shape index (κ3) is 4.16. The van der Waals surface area contributed by atoms with E-state index in [4.69, 9.17) is 0 Å². The van der Waals surface area contributed by atoms with Crippen molar-refractivity contribution in [1.82, 2.24) is 9.88 Å². The topological polar surface area (TPSA) is 48.5 Å². The van der Waals surface area contributed by atoms with Crippen LogP contribution < -0.4 is 10.2 Å². The number of carbonyl (C=O) groups is 1.